The van der Waals surface area contributed by atoms with Gasteiger partial charge in [-0.1, -0.05) is 18.2 Å². The number of nitrogens with one attached hydrogen (secondary N) is 1. The summed E-state index contributed by atoms with van der Waals surface area (Å²) >= 11 is 0. The number of anilines is 2. The number of nitriles is 1. The van der Waals surface area contributed by atoms with Crippen LogP contribution >= 0.6 is 0 Å². The highest BCUT2D eigenvalue weighted by molar-refractivity contribution is 5.92. The van der Waals surface area contributed by atoms with Gasteiger partial charge in [0.05, 0.1) is 17.9 Å². The number of hydrogen-bond acceptors (Lipinski definition) is 6. The van der Waals surface area contributed by atoms with Crippen molar-refractivity contribution in [1.29, 1.82) is 5.26 Å². The van der Waals surface area contributed by atoms with E-state index in [1.54, 1.807) is 24.5 Å². The van der Waals surface area contributed by atoms with Crippen LogP contribution in [0.3, 0.4) is 0 Å². The summed E-state index contributed by atoms with van der Waals surface area (Å²) in [7, 11) is 0. The lowest BCUT2D eigenvalue weighted by atomic mass is 9.90. The van der Waals surface area contributed by atoms with Gasteiger partial charge >= 0.3 is 0 Å². The van der Waals surface area contributed by atoms with Crippen molar-refractivity contribution < 1.29 is 4.39 Å². The quantitative estimate of drug-likeness (QED) is 0.536. The number of benzene rings is 2. The lowest BCUT2D eigenvalue weighted by Gasteiger charge is -2.53. The van der Waals surface area contributed by atoms with Crippen LogP contribution in [0.1, 0.15) is 18.4 Å². The van der Waals surface area contributed by atoms with Crippen molar-refractivity contribution in [2.24, 2.45) is 0 Å². The minimum atomic E-state index is -0.221. The summed E-state index contributed by atoms with van der Waals surface area (Å²) in [6, 6.07) is 15.4. The van der Waals surface area contributed by atoms with Crippen LogP contribution in [0.15, 0.2) is 54.9 Å². The van der Waals surface area contributed by atoms with E-state index in [1.807, 2.05) is 24.3 Å². The normalized spacial score (nSPS) is 20.0. The Morgan fingerprint density at radius 2 is 1.84 bits per heavy atom. The summed E-state index contributed by atoms with van der Waals surface area (Å²) in [4.78, 5) is 13.9. The highest BCUT2D eigenvalue weighted by atomic mass is 19.1. The molecule has 1 N–H and O–H groups in total. The van der Waals surface area contributed by atoms with Gasteiger partial charge in [-0.2, -0.15) is 10.4 Å². The van der Waals surface area contributed by atoms with Crippen LogP contribution in [0.4, 0.5) is 15.9 Å². The molecule has 158 valence electrons. The Morgan fingerprint density at radius 3 is 2.62 bits per heavy atom. The zero-order valence-electron chi connectivity index (χ0n) is 17.2. The number of piperidine rings is 2. The van der Waals surface area contributed by atoms with Gasteiger partial charge in [0, 0.05) is 41.8 Å². The van der Waals surface area contributed by atoms with Gasteiger partial charge in [0.2, 0.25) is 0 Å². The Labute approximate surface area is 184 Å². The predicted molar refractivity (Wildman–Crippen MR) is 120 cm³/mol. The molecule has 0 amide bonds. The van der Waals surface area contributed by atoms with E-state index in [0.717, 1.165) is 48.1 Å². The molecule has 2 bridgehead atoms. The van der Waals surface area contributed by atoms with Crippen molar-refractivity contribution in [2.75, 3.05) is 22.9 Å². The molecule has 5 heterocycles. The van der Waals surface area contributed by atoms with Gasteiger partial charge in [-0.3, -0.25) is 5.10 Å². The second-order valence-corrected chi connectivity index (χ2v) is 8.35. The monoisotopic (exact) mass is 425 g/mol. The average Bonchev–Trinajstić information content (AvgIpc) is 3.33. The third-order valence-corrected chi connectivity index (χ3v) is 6.56. The Balaban J connectivity index is 1.37. The van der Waals surface area contributed by atoms with Crippen molar-refractivity contribution in [1.82, 2.24) is 20.2 Å². The number of H-pyrrole nitrogens is 1. The lowest BCUT2D eigenvalue weighted by Crippen LogP contribution is -2.63. The maximum absolute atomic E-state index is 13.8. The average molecular weight is 425 g/mol. The van der Waals surface area contributed by atoms with Crippen LogP contribution in [0.5, 0.6) is 0 Å². The molecular weight excluding hydrogens is 405 g/mol. The molecule has 3 fully saturated rings. The van der Waals surface area contributed by atoms with E-state index in [1.165, 1.54) is 6.07 Å². The molecule has 2 aromatic carbocycles. The molecule has 0 saturated carbocycles. The highest BCUT2D eigenvalue weighted by Gasteiger charge is 2.40. The first-order chi connectivity index (χ1) is 15.7. The molecule has 3 aliphatic rings. The molecule has 32 heavy (non-hydrogen) atoms. The van der Waals surface area contributed by atoms with E-state index in [4.69, 9.17) is 4.98 Å². The smallest absolute Gasteiger partial charge is 0.162 e. The van der Waals surface area contributed by atoms with Crippen LogP contribution in [-0.2, 0) is 0 Å². The van der Waals surface area contributed by atoms with E-state index < -0.39 is 0 Å². The van der Waals surface area contributed by atoms with Crippen LogP contribution in [-0.4, -0.2) is 45.3 Å². The van der Waals surface area contributed by atoms with Crippen LogP contribution in [0, 0.1) is 17.1 Å². The molecule has 0 radical (unpaired) electrons. The molecule has 3 aliphatic heterocycles. The first kappa shape index (κ1) is 18.8. The fourth-order valence-corrected chi connectivity index (χ4v) is 5.02. The highest BCUT2D eigenvalue weighted by Crippen LogP contribution is 2.37. The molecular formula is C24H20FN7. The largest absolute Gasteiger partial charge is 0.365 e. The fourth-order valence-electron chi connectivity index (χ4n) is 5.02. The summed E-state index contributed by atoms with van der Waals surface area (Å²) in [6.45, 7) is 1.51. The third-order valence-electron chi connectivity index (χ3n) is 6.56. The maximum atomic E-state index is 13.8. The summed E-state index contributed by atoms with van der Waals surface area (Å²) in [5.41, 5.74) is 3.18. The Hall–Kier alpha value is -3.99. The SMILES string of the molecule is N#Cc1cnc(-c2cccc3[nH]ncc23)nc1N1C[C@@H]2CC[C@H]1CN2c1cccc(F)c1. The molecule has 8 heteroatoms. The minimum Gasteiger partial charge on any atom is -0.365 e. The van der Waals surface area contributed by atoms with E-state index in [-0.39, 0.29) is 17.9 Å². The zero-order chi connectivity index (χ0) is 21.7. The van der Waals surface area contributed by atoms with Crippen molar-refractivity contribution in [3.8, 4) is 17.5 Å². The Bertz CT molecular complexity index is 1360. The molecule has 4 aromatic rings. The van der Waals surface area contributed by atoms with Gasteiger partial charge in [-0.25, -0.2) is 14.4 Å². The van der Waals surface area contributed by atoms with Gasteiger partial charge in [-0.15, -0.1) is 0 Å². The number of aromatic amines is 1. The number of nitrogens with zero attached hydrogens (tertiary/aromatic N) is 6. The molecule has 2 aromatic heterocycles. The van der Waals surface area contributed by atoms with Gasteiger partial charge in [0.1, 0.15) is 17.4 Å². The van der Waals surface area contributed by atoms with Gasteiger partial charge in [-0.05, 0) is 37.1 Å². The van der Waals surface area contributed by atoms with Crippen LogP contribution < -0.4 is 9.80 Å². The van der Waals surface area contributed by atoms with E-state index in [9.17, 15) is 9.65 Å². The second-order valence-electron chi connectivity index (χ2n) is 8.35. The minimum absolute atomic E-state index is 0.197. The standard InChI is InChI=1S/C24H20FN7/c25-16-3-1-4-17(9-16)31-13-19-8-7-18(31)14-32(19)24-15(10-26)11-27-23(29-24)20-5-2-6-22-21(20)12-28-30-22/h1-6,9,11-12,18-19H,7-8,13-14H2,(H,28,30)/t18-,19-/m0/s1. The van der Waals surface area contributed by atoms with E-state index in [0.29, 0.717) is 17.2 Å². The van der Waals surface area contributed by atoms with Crippen molar-refractivity contribution >= 4 is 22.4 Å². The number of piperazine rings is 1. The summed E-state index contributed by atoms with van der Waals surface area (Å²) in [6.07, 6.45) is 5.43. The van der Waals surface area contributed by atoms with Crippen molar-refractivity contribution in [3.63, 3.8) is 0 Å². The number of aromatic nitrogens is 4. The number of fused-ring (bicyclic) bond motifs is 4. The molecule has 3 saturated heterocycles. The Kier molecular flexibility index (Phi) is 4.28. The van der Waals surface area contributed by atoms with Gasteiger partial charge < -0.3 is 9.80 Å². The predicted octanol–water partition coefficient (Wildman–Crippen LogP) is 3.89. The molecule has 7 rings (SSSR count). The molecule has 7 nitrogen and oxygen atoms in total. The molecule has 2 atom stereocenters. The van der Waals surface area contributed by atoms with Crippen LogP contribution in [0.25, 0.3) is 22.3 Å². The summed E-state index contributed by atoms with van der Waals surface area (Å²) in [5.74, 6) is 1.03. The lowest BCUT2D eigenvalue weighted by molar-refractivity contribution is 0.332. The maximum Gasteiger partial charge on any atom is 0.162 e. The number of halogens is 1. The third kappa shape index (κ3) is 2.97. The van der Waals surface area contributed by atoms with Gasteiger partial charge in [0.25, 0.3) is 0 Å². The molecule has 0 unspecified atom stereocenters. The Morgan fingerprint density at radius 1 is 1.03 bits per heavy atom. The first-order valence-corrected chi connectivity index (χ1v) is 10.7. The first-order valence-electron chi connectivity index (χ1n) is 10.7. The fraction of sp³-hybridized carbons (Fsp3) is 0.250. The van der Waals surface area contributed by atoms with Crippen molar-refractivity contribution in [2.45, 2.75) is 24.9 Å². The van der Waals surface area contributed by atoms with Gasteiger partial charge in [0.15, 0.2) is 11.6 Å². The summed E-state index contributed by atoms with van der Waals surface area (Å²) in [5, 5.41) is 17.8. The van der Waals surface area contributed by atoms with E-state index >= 15 is 0 Å². The number of hydrogen-bond donors (Lipinski definition) is 1. The summed E-state index contributed by atoms with van der Waals surface area (Å²) < 4.78 is 13.8. The van der Waals surface area contributed by atoms with Crippen molar-refractivity contribution in [3.05, 3.63) is 66.2 Å². The number of rotatable bonds is 3. The zero-order valence-corrected chi connectivity index (χ0v) is 17.2. The second kappa shape index (κ2) is 7.31. The molecule has 0 aliphatic carbocycles. The van der Waals surface area contributed by atoms with E-state index in [2.05, 4.69) is 31.1 Å². The topological polar surface area (TPSA) is 84.7 Å². The molecule has 0 spiro atoms. The van der Waals surface area contributed by atoms with Crippen LogP contribution in [0.2, 0.25) is 0 Å².